The Morgan fingerprint density at radius 1 is 0.478 bits per heavy atom. The second kappa shape index (κ2) is 40.7. The standard InChI is InChI=1S/C60H94N14O16/c1-7-35(6)49(74-56(86)43(29-36-17-10-8-11-18-36)70-57(87)46(32-75)73-51(81)39(22-16-26-65-60(63)64)66-50(80)38(62)21-14-15-25-61)58(88)67-40(23-24-47(76)77)52(82)71-44(31-48(78)79)55(85)69-41(27-33(2)3)53(83)68-42(28-34(4)5)54(84)72-45(59(89)90)30-37-19-12-9-13-20-37/h8-13,17-20,33-35,38-46,49,75H,7,14-16,21-32,61-62H2,1-6H3,(H,66,80)(H,67,88)(H,68,83)(H,69,85)(H,70,87)(H,71,82)(H,72,84)(H,73,81)(H,74,86)(H,76,77)(H,78,79)(H,89,90)(H4,63,64,65)/t35-,38-,39-,40-,41-,42-,43-,44-,45-,46-,49-/m0/s1. The van der Waals surface area contributed by atoms with Crippen molar-refractivity contribution in [1.82, 2.24) is 47.9 Å². The molecule has 0 aliphatic rings. The van der Waals surface area contributed by atoms with Crippen LogP contribution in [0.15, 0.2) is 65.7 Å². The number of aliphatic imine (C=N–C) groups is 1. The Kier molecular flexibility index (Phi) is 35.0. The van der Waals surface area contributed by atoms with E-state index in [2.05, 4.69) is 52.8 Å². The van der Waals surface area contributed by atoms with Crippen LogP contribution < -0.4 is 70.8 Å². The van der Waals surface area contributed by atoms with E-state index in [4.69, 9.17) is 22.9 Å². The van der Waals surface area contributed by atoms with Gasteiger partial charge in [-0.3, -0.25) is 57.7 Å². The molecule has 11 atom stereocenters. The molecule has 30 nitrogen and oxygen atoms in total. The number of aliphatic hydroxyl groups is 1. The summed E-state index contributed by atoms with van der Waals surface area (Å²) in [6.07, 6.45) is -1.13. The predicted octanol–water partition coefficient (Wildman–Crippen LogP) is -2.10. The number of rotatable bonds is 43. The molecule has 0 fully saturated rings. The molecule has 0 aliphatic carbocycles. The molecule has 500 valence electrons. The van der Waals surface area contributed by atoms with E-state index in [1.54, 1.807) is 102 Å². The summed E-state index contributed by atoms with van der Waals surface area (Å²) in [5.74, 6) is -14.7. The number of aliphatic carboxylic acids is 3. The predicted molar refractivity (Wildman–Crippen MR) is 331 cm³/mol. The van der Waals surface area contributed by atoms with Gasteiger partial charge in [0.1, 0.15) is 54.4 Å². The summed E-state index contributed by atoms with van der Waals surface area (Å²) in [6, 6.07) is 1.69. The van der Waals surface area contributed by atoms with E-state index in [9.17, 15) is 78.0 Å². The number of carbonyl (C=O) groups is 12. The van der Waals surface area contributed by atoms with Gasteiger partial charge in [0.05, 0.1) is 19.1 Å². The SMILES string of the molecule is CC[C@H](C)[C@H](NC(=O)[C@H](Cc1ccccc1)NC(=O)[C@H](CO)NC(=O)[C@H](CCCN=C(N)N)NC(=O)[C@@H](N)CCCCN)C(=O)N[C@@H](CCC(=O)O)C(=O)N[C@@H](CC(=O)O)C(=O)N[C@@H](CC(C)C)C(=O)N[C@@H](CC(C)C)C(=O)N[C@@H](Cc1ccccc1)C(=O)O. The second-order valence-electron chi connectivity index (χ2n) is 22.9. The van der Waals surface area contributed by atoms with Gasteiger partial charge in [0.25, 0.3) is 0 Å². The molecule has 0 aliphatic heterocycles. The van der Waals surface area contributed by atoms with Gasteiger partial charge in [0, 0.05) is 25.8 Å². The van der Waals surface area contributed by atoms with E-state index in [1.807, 2.05) is 0 Å². The molecule has 21 N–H and O–H groups in total. The molecule has 0 aromatic heterocycles. The summed E-state index contributed by atoms with van der Waals surface area (Å²) >= 11 is 0. The summed E-state index contributed by atoms with van der Waals surface area (Å²) in [5, 5.41) is 62.4. The number of carboxylic acids is 3. The highest BCUT2D eigenvalue weighted by Crippen LogP contribution is 2.15. The largest absolute Gasteiger partial charge is 0.481 e. The van der Waals surface area contributed by atoms with Crippen molar-refractivity contribution in [2.24, 2.45) is 45.7 Å². The molecule has 90 heavy (non-hydrogen) atoms. The Bertz CT molecular complexity index is 2720. The average Bonchev–Trinajstić information content (AvgIpc) is 3.41. The molecule has 0 saturated carbocycles. The van der Waals surface area contributed by atoms with Crippen LogP contribution in [0.2, 0.25) is 0 Å². The van der Waals surface area contributed by atoms with Crippen molar-refractivity contribution < 1.29 is 78.0 Å². The van der Waals surface area contributed by atoms with Gasteiger partial charge in [-0.15, -0.1) is 0 Å². The van der Waals surface area contributed by atoms with Crippen molar-refractivity contribution in [3.8, 4) is 0 Å². The highest BCUT2D eigenvalue weighted by atomic mass is 16.4. The van der Waals surface area contributed by atoms with E-state index >= 15 is 0 Å². The first kappa shape index (κ1) is 77.3. The maximum absolute atomic E-state index is 14.5. The third-order valence-electron chi connectivity index (χ3n) is 14.3. The minimum Gasteiger partial charge on any atom is -0.481 e. The lowest BCUT2D eigenvalue weighted by atomic mass is 9.96. The van der Waals surface area contributed by atoms with Gasteiger partial charge in [-0.25, -0.2) is 4.79 Å². The lowest BCUT2D eigenvalue weighted by molar-refractivity contribution is -0.142. The lowest BCUT2D eigenvalue weighted by Gasteiger charge is -2.30. The molecule has 9 amide bonds. The fraction of sp³-hybridized carbons (Fsp3) is 0.583. The van der Waals surface area contributed by atoms with Crippen LogP contribution in [-0.4, -0.2) is 178 Å². The van der Waals surface area contributed by atoms with Crippen molar-refractivity contribution in [3.05, 3.63) is 71.8 Å². The zero-order valence-electron chi connectivity index (χ0n) is 52.0. The first-order chi connectivity index (χ1) is 42.5. The highest BCUT2D eigenvalue weighted by Gasteiger charge is 2.38. The lowest BCUT2D eigenvalue weighted by Crippen LogP contribution is -2.62. The highest BCUT2D eigenvalue weighted by molar-refractivity contribution is 5.99. The Labute approximate surface area is 523 Å². The van der Waals surface area contributed by atoms with E-state index in [-0.39, 0.29) is 75.7 Å². The fourth-order valence-corrected chi connectivity index (χ4v) is 9.17. The number of nitrogens with one attached hydrogen (secondary N) is 9. The number of nitrogens with zero attached hydrogens (tertiary/aromatic N) is 1. The molecule has 0 unspecified atom stereocenters. The number of hydrogen-bond donors (Lipinski definition) is 17. The van der Waals surface area contributed by atoms with E-state index in [1.165, 1.54) is 0 Å². The normalized spacial score (nSPS) is 14.8. The molecule has 2 aromatic carbocycles. The van der Waals surface area contributed by atoms with Crippen LogP contribution >= 0.6 is 0 Å². The van der Waals surface area contributed by atoms with E-state index in [0.29, 0.717) is 30.5 Å². The van der Waals surface area contributed by atoms with Crippen LogP contribution in [0.25, 0.3) is 0 Å². The zero-order valence-corrected chi connectivity index (χ0v) is 52.0. The number of unbranched alkanes of at least 4 members (excludes halogenated alkanes) is 1. The maximum atomic E-state index is 14.5. The molecule has 0 saturated heterocycles. The van der Waals surface area contributed by atoms with Crippen LogP contribution in [0.4, 0.5) is 0 Å². The maximum Gasteiger partial charge on any atom is 0.326 e. The summed E-state index contributed by atoms with van der Waals surface area (Å²) < 4.78 is 0. The Hall–Kier alpha value is -8.77. The average molecular weight is 1270 g/mol. The second-order valence-corrected chi connectivity index (χ2v) is 22.9. The first-order valence-corrected chi connectivity index (χ1v) is 30.1. The number of guanidine groups is 1. The van der Waals surface area contributed by atoms with Gasteiger partial charge in [-0.05, 0) is 80.4 Å². The number of aliphatic hydroxyl groups excluding tert-OH is 1. The van der Waals surface area contributed by atoms with E-state index in [0.717, 1.165) is 0 Å². The Morgan fingerprint density at radius 3 is 1.37 bits per heavy atom. The van der Waals surface area contributed by atoms with Crippen molar-refractivity contribution in [2.75, 3.05) is 19.7 Å². The summed E-state index contributed by atoms with van der Waals surface area (Å²) in [4.78, 5) is 166. The molecule has 0 radical (unpaired) electrons. The monoisotopic (exact) mass is 1270 g/mol. The third kappa shape index (κ3) is 29.5. The number of benzene rings is 2. The quantitative estimate of drug-likeness (QED) is 0.0192. The summed E-state index contributed by atoms with van der Waals surface area (Å²) in [5.41, 5.74) is 23.7. The van der Waals surface area contributed by atoms with Gasteiger partial charge in [0.15, 0.2) is 5.96 Å². The van der Waals surface area contributed by atoms with Crippen LogP contribution in [0.5, 0.6) is 0 Å². The van der Waals surface area contributed by atoms with Crippen LogP contribution in [0, 0.1) is 17.8 Å². The van der Waals surface area contributed by atoms with Crippen molar-refractivity contribution in [1.29, 1.82) is 0 Å². The van der Waals surface area contributed by atoms with Crippen molar-refractivity contribution >= 4 is 77.0 Å². The first-order valence-electron chi connectivity index (χ1n) is 30.1. The molecule has 0 heterocycles. The molecule has 2 rings (SSSR count). The van der Waals surface area contributed by atoms with Crippen molar-refractivity contribution in [2.45, 2.75) is 185 Å². The van der Waals surface area contributed by atoms with Crippen LogP contribution in [0.1, 0.15) is 123 Å². The molecule has 0 spiro atoms. The summed E-state index contributed by atoms with van der Waals surface area (Å²) in [7, 11) is 0. The molecule has 2 aromatic rings. The Morgan fingerprint density at radius 2 is 0.900 bits per heavy atom. The van der Waals surface area contributed by atoms with Gasteiger partial charge < -0.3 is 91.2 Å². The summed E-state index contributed by atoms with van der Waals surface area (Å²) in [6.45, 7) is 9.58. The minimum atomic E-state index is -1.97. The van der Waals surface area contributed by atoms with Crippen LogP contribution in [0.3, 0.4) is 0 Å². The molecule has 0 bridgehead atoms. The smallest absolute Gasteiger partial charge is 0.326 e. The van der Waals surface area contributed by atoms with Gasteiger partial charge in [-0.1, -0.05) is 115 Å². The van der Waals surface area contributed by atoms with Crippen molar-refractivity contribution in [3.63, 3.8) is 0 Å². The topological polar surface area (TPSA) is 510 Å². The third-order valence-corrected chi connectivity index (χ3v) is 14.3. The molecular weight excluding hydrogens is 1170 g/mol. The molecule has 30 heteroatoms. The van der Waals surface area contributed by atoms with Gasteiger partial charge >= 0.3 is 17.9 Å². The number of carbonyl (C=O) groups excluding carboxylic acids is 9. The number of amides is 9. The fourth-order valence-electron chi connectivity index (χ4n) is 9.17. The van der Waals surface area contributed by atoms with E-state index < -0.39 is 163 Å². The minimum absolute atomic E-state index is 0.0288. The van der Waals surface area contributed by atoms with Crippen LogP contribution in [-0.2, 0) is 70.4 Å². The van der Waals surface area contributed by atoms with Gasteiger partial charge in [-0.2, -0.15) is 0 Å². The van der Waals surface area contributed by atoms with Gasteiger partial charge in [0.2, 0.25) is 53.2 Å². The zero-order chi connectivity index (χ0) is 67.6. The number of hydrogen-bond acceptors (Lipinski definition) is 16. The number of nitrogens with two attached hydrogens (primary N) is 4. The Balaban J connectivity index is 2.47. The molecular formula is C60H94N14O16. The number of carboxylic acid groups (broad SMARTS) is 3.